The highest BCUT2D eigenvalue weighted by molar-refractivity contribution is 5.92. The van der Waals surface area contributed by atoms with Crippen molar-refractivity contribution in [1.29, 1.82) is 0 Å². The number of fused-ring (bicyclic) bond motifs is 1. The van der Waals surface area contributed by atoms with Crippen molar-refractivity contribution < 1.29 is 28.5 Å². The zero-order valence-electron chi connectivity index (χ0n) is 21.6. The topological polar surface area (TPSA) is 115 Å². The third-order valence-electron chi connectivity index (χ3n) is 7.49. The van der Waals surface area contributed by atoms with Gasteiger partial charge in [-0.2, -0.15) is 0 Å². The van der Waals surface area contributed by atoms with Crippen LogP contribution in [0.3, 0.4) is 0 Å². The van der Waals surface area contributed by atoms with E-state index in [1.54, 1.807) is 18.6 Å². The largest absolute Gasteiger partial charge is 0.477 e. The highest BCUT2D eigenvalue weighted by Gasteiger charge is 2.29. The zero-order valence-corrected chi connectivity index (χ0v) is 21.6. The van der Waals surface area contributed by atoms with Crippen LogP contribution >= 0.6 is 0 Å². The van der Waals surface area contributed by atoms with Gasteiger partial charge in [0.25, 0.3) is 0 Å². The van der Waals surface area contributed by atoms with Gasteiger partial charge in [-0.25, -0.2) is 14.2 Å². The summed E-state index contributed by atoms with van der Waals surface area (Å²) < 4.78 is 32.8. The lowest BCUT2D eigenvalue weighted by molar-refractivity contribution is -0.121. The van der Waals surface area contributed by atoms with Crippen molar-refractivity contribution in [3.63, 3.8) is 0 Å². The van der Waals surface area contributed by atoms with E-state index in [-0.39, 0.29) is 36.3 Å². The summed E-state index contributed by atoms with van der Waals surface area (Å²) in [5.74, 6) is -0.435. The SMILES string of the molecule is COC(C)OCCOCCn1cc(C(=O)O)c(=O)c2cc(F)c(N3CCC(C4CCNCC4)CC3)nc21. The van der Waals surface area contributed by atoms with E-state index in [2.05, 4.69) is 10.3 Å². The van der Waals surface area contributed by atoms with E-state index in [1.807, 2.05) is 4.90 Å². The van der Waals surface area contributed by atoms with Gasteiger partial charge in [0.15, 0.2) is 17.9 Å². The van der Waals surface area contributed by atoms with Gasteiger partial charge in [0, 0.05) is 32.9 Å². The maximum atomic E-state index is 15.2. The second-order valence-electron chi connectivity index (χ2n) is 9.73. The first-order valence-electron chi connectivity index (χ1n) is 13.0. The van der Waals surface area contributed by atoms with Gasteiger partial charge >= 0.3 is 5.97 Å². The number of nitrogens with one attached hydrogen (secondary N) is 1. The lowest BCUT2D eigenvalue weighted by Crippen LogP contribution is -2.40. The summed E-state index contributed by atoms with van der Waals surface area (Å²) in [4.78, 5) is 31.0. The molecule has 0 amide bonds. The third-order valence-corrected chi connectivity index (χ3v) is 7.49. The summed E-state index contributed by atoms with van der Waals surface area (Å²) in [7, 11) is 1.55. The van der Waals surface area contributed by atoms with Crippen LogP contribution in [0.1, 0.15) is 43.0 Å². The highest BCUT2D eigenvalue weighted by atomic mass is 19.1. The number of rotatable bonds is 11. The molecule has 0 spiro atoms. The molecule has 204 valence electrons. The number of methoxy groups -OCH3 is 1. The third kappa shape index (κ3) is 6.64. The number of carboxylic acids is 1. The fourth-order valence-electron chi connectivity index (χ4n) is 5.33. The van der Waals surface area contributed by atoms with Crippen LogP contribution in [0.15, 0.2) is 17.1 Å². The quantitative estimate of drug-likeness (QED) is 0.341. The fourth-order valence-corrected chi connectivity index (χ4v) is 5.33. The minimum Gasteiger partial charge on any atom is -0.477 e. The van der Waals surface area contributed by atoms with Gasteiger partial charge in [-0.15, -0.1) is 0 Å². The number of hydrogen-bond acceptors (Lipinski definition) is 8. The van der Waals surface area contributed by atoms with E-state index >= 15 is 4.39 Å². The Morgan fingerprint density at radius 2 is 1.89 bits per heavy atom. The number of aromatic nitrogens is 2. The van der Waals surface area contributed by atoms with E-state index < -0.39 is 22.8 Å². The number of piperidine rings is 2. The normalized spacial score (nSPS) is 18.4. The lowest BCUT2D eigenvalue weighted by Gasteiger charge is -2.38. The van der Waals surface area contributed by atoms with Gasteiger partial charge in [-0.3, -0.25) is 4.79 Å². The molecular weight excluding hydrogens is 483 g/mol. The van der Waals surface area contributed by atoms with Crippen LogP contribution in [0, 0.1) is 17.7 Å². The molecule has 2 aliphatic rings. The average Bonchev–Trinajstić information content (AvgIpc) is 2.91. The summed E-state index contributed by atoms with van der Waals surface area (Å²) in [6, 6.07) is 1.13. The molecule has 2 saturated heterocycles. The first kappa shape index (κ1) is 27.4. The molecule has 1 atom stereocenters. The van der Waals surface area contributed by atoms with Gasteiger partial charge in [0.2, 0.25) is 5.43 Å². The van der Waals surface area contributed by atoms with Crippen LogP contribution in [0.25, 0.3) is 11.0 Å². The van der Waals surface area contributed by atoms with E-state index in [9.17, 15) is 14.7 Å². The number of nitrogens with zero attached hydrogens (tertiary/aromatic N) is 3. The number of ether oxygens (including phenoxy) is 3. The number of pyridine rings is 2. The van der Waals surface area contributed by atoms with Crippen molar-refractivity contribution in [1.82, 2.24) is 14.9 Å². The molecule has 2 N–H and O–H groups in total. The molecule has 0 aliphatic carbocycles. The van der Waals surface area contributed by atoms with Crippen LogP contribution in [-0.4, -0.2) is 80.0 Å². The van der Waals surface area contributed by atoms with Crippen LogP contribution in [0.5, 0.6) is 0 Å². The van der Waals surface area contributed by atoms with Crippen molar-refractivity contribution in [3.8, 4) is 0 Å². The summed E-state index contributed by atoms with van der Waals surface area (Å²) in [5.41, 5.74) is -0.926. The molecule has 0 aromatic carbocycles. The van der Waals surface area contributed by atoms with Gasteiger partial charge in [-0.05, 0) is 63.6 Å². The Kier molecular flexibility index (Phi) is 9.47. The molecule has 11 heteroatoms. The molecule has 2 aromatic rings. The molecule has 10 nitrogen and oxygen atoms in total. The van der Waals surface area contributed by atoms with Crippen LogP contribution in [0.2, 0.25) is 0 Å². The van der Waals surface area contributed by atoms with Crippen LogP contribution in [0.4, 0.5) is 10.2 Å². The molecule has 2 fully saturated rings. The second kappa shape index (κ2) is 12.8. The maximum Gasteiger partial charge on any atom is 0.341 e. The summed E-state index contributed by atoms with van der Waals surface area (Å²) >= 11 is 0. The molecule has 2 aliphatic heterocycles. The van der Waals surface area contributed by atoms with E-state index in [4.69, 9.17) is 14.2 Å². The Hall–Kier alpha value is -2.60. The highest BCUT2D eigenvalue weighted by Crippen LogP contribution is 2.33. The fraction of sp³-hybridized carbons (Fsp3) is 0.654. The predicted octanol–water partition coefficient (Wildman–Crippen LogP) is 2.48. The monoisotopic (exact) mass is 520 g/mol. The lowest BCUT2D eigenvalue weighted by atomic mass is 9.79. The van der Waals surface area contributed by atoms with Gasteiger partial charge in [-0.1, -0.05) is 0 Å². The molecule has 2 aromatic heterocycles. The molecule has 4 rings (SSSR count). The second-order valence-corrected chi connectivity index (χ2v) is 9.73. The average molecular weight is 521 g/mol. The van der Waals surface area contributed by atoms with E-state index in [1.165, 1.54) is 19.0 Å². The Labute approximate surface area is 215 Å². The predicted molar refractivity (Wildman–Crippen MR) is 137 cm³/mol. The standard InChI is InChI=1S/C26H37FN4O6/c1-17(35-2)37-14-13-36-12-11-31-16-21(26(33)34)23(32)20-15-22(27)25(29-24(20)31)30-9-5-19(6-10-30)18-3-7-28-8-4-18/h15-19,28H,3-14H2,1-2H3,(H,33,34). The molecule has 37 heavy (non-hydrogen) atoms. The molecule has 0 saturated carbocycles. The van der Waals surface area contributed by atoms with Crippen molar-refractivity contribution >= 4 is 22.8 Å². The number of carbonyl (C=O) groups is 1. The molecule has 0 radical (unpaired) electrons. The van der Waals surface area contributed by atoms with Crippen LogP contribution in [-0.2, 0) is 20.8 Å². The van der Waals surface area contributed by atoms with Gasteiger partial charge in [0.1, 0.15) is 11.2 Å². The Balaban J connectivity index is 1.51. The Morgan fingerprint density at radius 3 is 2.57 bits per heavy atom. The van der Waals surface area contributed by atoms with Gasteiger partial charge < -0.3 is 34.1 Å². The molecular formula is C26H37FN4O6. The molecule has 1 unspecified atom stereocenters. The van der Waals surface area contributed by atoms with Crippen LogP contribution < -0.4 is 15.6 Å². The van der Waals surface area contributed by atoms with E-state index in [0.29, 0.717) is 38.1 Å². The number of carboxylic acid groups (broad SMARTS) is 1. The van der Waals surface area contributed by atoms with Crippen molar-refractivity contribution in [3.05, 3.63) is 33.9 Å². The minimum absolute atomic E-state index is 0.0528. The van der Waals surface area contributed by atoms with Crippen molar-refractivity contribution in [2.75, 3.05) is 58.0 Å². The number of hydrogen-bond donors (Lipinski definition) is 2. The number of halogens is 1. The Morgan fingerprint density at radius 1 is 1.19 bits per heavy atom. The summed E-state index contributed by atoms with van der Waals surface area (Å²) in [6.07, 6.45) is 5.25. The zero-order chi connectivity index (χ0) is 26.4. The number of aromatic carboxylic acids is 1. The first-order valence-corrected chi connectivity index (χ1v) is 13.0. The smallest absolute Gasteiger partial charge is 0.341 e. The van der Waals surface area contributed by atoms with E-state index in [0.717, 1.165) is 32.0 Å². The summed E-state index contributed by atoms with van der Waals surface area (Å²) in [6.45, 7) is 6.42. The Bertz CT molecular complexity index is 1130. The molecule has 0 bridgehead atoms. The van der Waals surface area contributed by atoms with Crippen molar-refractivity contribution in [2.24, 2.45) is 11.8 Å². The first-order chi connectivity index (χ1) is 17.9. The minimum atomic E-state index is -1.37. The summed E-state index contributed by atoms with van der Waals surface area (Å²) in [5, 5.41) is 12.9. The molecule has 4 heterocycles. The number of anilines is 1. The van der Waals surface area contributed by atoms with Gasteiger partial charge in [0.05, 0.1) is 25.2 Å². The van der Waals surface area contributed by atoms with Crippen molar-refractivity contribution in [2.45, 2.75) is 45.4 Å². The maximum absolute atomic E-state index is 15.2.